The zero-order valence-corrected chi connectivity index (χ0v) is 22.1. The second-order valence-electron chi connectivity index (χ2n) is 9.82. The summed E-state index contributed by atoms with van der Waals surface area (Å²) in [5.74, 6) is -3.09. The number of aliphatic imine (C=N–C) groups is 1. The number of imidazole rings is 1. The molecule has 2 unspecified atom stereocenters. The van der Waals surface area contributed by atoms with Crippen molar-refractivity contribution in [2.75, 3.05) is 23.9 Å². The summed E-state index contributed by atoms with van der Waals surface area (Å²) < 4.78 is 48.5. The maximum absolute atomic E-state index is 14.0. The molecule has 3 heterocycles. The monoisotopic (exact) mass is 539 g/mol. The summed E-state index contributed by atoms with van der Waals surface area (Å²) in [4.78, 5) is 32.3. The molecule has 5 rings (SSSR count). The average Bonchev–Trinajstić information content (AvgIpc) is 3.52. The van der Waals surface area contributed by atoms with E-state index in [1.54, 1.807) is 20.4 Å². The Morgan fingerprint density at radius 1 is 1.10 bits per heavy atom. The number of hydrogen-bond donors (Lipinski definition) is 2. The third kappa shape index (κ3) is 4.82. The van der Waals surface area contributed by atoms with E-state index in [1.807, 2.05) is 43.9 Å². The number of methoxy groups -OCH3 is 1. The van der Waals surface area contributed by atoms with Gasteiger partial charge in [-0.1, -0.05) is 0 Å². The summed E-state index contributed by atoms with van der Waals surface area (Å²) in [6, 6.07) is 6.47. The van der Waals surface area contributed by atoms with Crippen molar-refractivity contribution in [2.45, 2.75) is 45.8 Å². The van der Waals surface area contributed by atoms with Crippen LogP contribution in [0.4, 0.5) is 24.8 Å². The van der Waals surface area contributed by atoms with Gasteiger partial charge in [0.2, 0.25) is 5.95 Å². The molecule has 1 aliphatic heterocycles. The normalized spacial score (nSPS) is 15.9. The highest BCUT2D eigenvalue weighted by atomic mass is 19.2. The van der Waals surface area contributed by atoms with Gasteiger partial charge < -0.3 is 19.9 Å². The Kier molecular flexibility index (Phi) is 6.79. The fourth-order valence-corrected chi connectivity index (χ4v) is 4.58. The van der Waals surface area contributed by atoms with Crippen molar-refractivity contribution in [1.29, 1.82) is 0 Å². The molecule has 0 aliphatic carbocycles. The van der Waals surface area contributed by atoms with Crippen molar-refractivity contribution in [3.63, 3.8) is 0 Å². The van der Waals surface area contributed by atoms with Crippen molar-refractivity contribution in [3.05, 3.63) is 63.7 Å². The van der Waals surface area contributed by atoms with Crippen molar-refractivity contribution in [1.82, 2.24) is 19.5 Å². The Hall–Kier alpha value is -4.35. The van der Waals surface area contributed by atoms with Crippen molar-refractivity contribution in [3.8, 4) is 17.1 Å². The van der Waals surface area contributed by atoms with Gasteiger partial charge in [-0.15, -0.1) is 0 Å². The lowest BCUT2D eigenvalue weighted by Crippen LogP contribution is -2.30. The van der Waals surface area contributed by atoms with Gasteiger partial charge in [-0.2, -0.15) is 4.98 Å². The third-order valence-corrected chi connectivity index (χ3v) is 6.54. The Labute approximate surface area is 222 Å². The molecule has 39 heavy (non-hydrogen) atoms. The Bertz CT molecular complexity index is 1620. The van der Waals surface area contributed by atoms with E-state index in [2.05, 4.69) is 25.3 Å². The van der Waals surface area contributed by atoms with Gasteiger partial charge in [-0.25, -0.2) is 18.2 Å². The minimum atomic E-state index is -1.57. The van der Waals surface area contributed by atoms with E-state index in [0.717, 1.165) is 24.4 Å². The number of H-pyrrole nitrogens is 1. The second kappa shape index (κ2) is 10.1. The molecule has 1 aliphatic rings. The molecule has 204 valence electrons. The molecule has 2 aromatic heterocycles. The zero-order valence-electron chi connectivity index (χ0n) is 22.1. The highest BCUT2D eigenvalue weighted by Crippen LogP contribution is 2.34. The molecular formula is C27H28F3N7O2. The van der Waals surface area contributed by atoms with Crippen LogP contribution >= 0.6 is 0 Å². The highest BCUT2D eigenvalue weighted by molar-refractivity contribution is 5.86. The minimum Gasteiger partial charge on any atom is -0.495 e. The van der Waals surface area contributed by atoms with E-state index in [1.165, 1.54) is 4.57 Å². The van der Waals surface area contributed by atoms with Crippen molar-refractivity contribution in [2.24, 2.45) is 4.99 Å². The Balaban J connectivity index is 1.61. The zero-order chi connectivity index (χ0) is 28.0. The SMILES string of the molecule is COc1cc(-c2nc3nc(NC(C)C)n(C(C)c4cc(F)c(F)c(F)c4)c(=O)c3[nH]2)ccc1N1C=NC(C)C1. The number of fused-ring (bicyclic) bond motifs is 1. The van der Waals surface area contributed by atoms with Crippen LogP contribution in [0.25, 0.3) is 22.6 Å². The topological polar surface area (TPSA) is 100 Å². The van der Waals surface area contributed by atoms with Crippen molar-refractivity contribution < 1.29 is 17.9 Å². The van der Waals surface area contributed by atoms with Crippen LogP contribution in [0.5, 0.6) is 5.75 Å². The Morgan fingerprint density at radius 3 is 2.44 bits per heavy atom. The number of nitrogens with zero attached hydrogens (tertiary/aromatic N) is 5. The molecule has 9 nitrogen and oxygen atoms in total. The maximum Gasteiger partial charge on any atom is 0.281 e. The number of halogens is 3. The minimum absolute atomic E-state index is 0.0706. The lowest BCUT2D eigenvalue weighted by atomic mass is 10.1. The summed E-state index contributed by atoms with van der Waals surface area (Å²) >= 11 is 0. The van der Waals surface area contributed by atoms with E-state index in [-0.39, 0.29) is 34.8 Å². The lowest BCUT2D eigenvalue weighted by molar-refractivity contribution is 0.415. The van der Waals surface area contributed by atoms with Gasteiger partial charge in [0.05, 0.1) is 31.2 Å². The van der Waals surface area contributed by atoms with Crippen molar-refractivity contribution >= 4 is 29.1 Å². The molecule has 0 radical (unpaired) electrons. The number of anilines is 2. The first-order valence-corrected chi connectivity index (χ1v) is 12.5. The first-order chi connectivity index (χ1) is 18.6. The standard InChI is InChI=1S/C27H28F3N7O2/c1-13(2)32-27-35-25-23(26(38)37(27)15(4)17-8-18(28)22(30)19(29)9-17)33-24(34-25)16-6-7-20(21(10-16)39-5)36-11-14(3)31-12-36/h6-10,12-15H,11H2,1-5H3,(H,32,35)(H,33,34). The fraction of sp³-hybridized carbons (Fsp3) is 0.333. The molecule has 2 N–H and O–H groups in total. The maximum atomic E-state index is 14.0. The molecule has 0 amide bonds. The summed E-state index contributed by atoms with van der Waals surface area (Å²) in [5.41, 5.74) is 1.35. The molecule has 0 saturated carbocycles. The van der Waals surface area contributed by atoms with E-state index in [4.69, 9.17) is 4.74 Å². The molecule has 0 spiro atoms. The summed E-state index contributed by atoms with van der Waals surface area (Å²) in [6.07, 6.45) is 1.78. The van der Waals surface area contributed by atoms with Crippen LogP contribution in [-0.2, 0) is 0 Å². The molecule has 0 bridgehead atoms. The van der Waals surface area contributed by atoms with E-state index in [9.17, 15) is 18.0 Å². The molecule has 0 fully saturated rings. The number of rotatable bonds is 7. The van der Waals surface area contributed by atoms with E-state index >= 15 is 0 Å². The predicted octanol–water partition coefficient (Wildman–Crippen LogP) is 4.88. The lowest BCUT2D eigenvalue weighted by Gasteiger charge is -2.21. The number of nitrogens with one attached hydrogen (secondary N) is 2. The number of ether oxygens (including phenoxy) is 1. The van der Waals surface area contributed by atoms with Gasteiger partial charge >= 0.3 is 0 Å². The van der Waals surface area contributed by atoms with Gasteiger partial charge in [0.15, 0.2) is 28.6 Å². The molecule has 2 atom stereocenters. The molecule has 4 aromatic rings. The van der Waals surface area contributed by atoms with Crippen LogP contribution in [-0.4, -0.2) is 51.6 Å². The van der Waals surface area contributed by atoms with Crippen LogP contribution in [0.1, 0.15) is 39.3 Å². The largest absolute Gasteiger partial charge is 0.495 e. The first kappa shape index (κ1) is 26.3. The third-order valence-electron chi connectivity index (χ3n) is 6.54. The van der Waals surface area contributed by atoms with Crippen LogP contribution in [0.15, 0.2) is 40.1 Å². The van der Waals surface area contributed by atoms with E-state index in [0.29, 0.717) is 17.1 Å². The number of benzene rings is 2. The summed E-state index contributed by atoms with van der Waals surface area (Å²) in [7, 11) is 1.57. The molecule has 12 heteroatoms. The van der Waals surface area contributed by atoms with Crippen LogP contribution in [0.3, 0.4) is 0 Å². The van der Waals surface area contributed by atoms with Gasteiger partial charge in [-0.3, -0.25) is 14.4 Å². The number of hydrogen-bond acceptors (Lipinski definition) is 7. The van der Waals surface area contributed by atoms with Gasteiger partial charge in [-0.05, 0) is 63.6 Å². The first-order valence-electron chi connectivity index (χ1n) is 12.5. The Morgan fingerprint density at radius 2 is 1.82 bits per heavy atom. The predicted molar refractivity (Wildman–Crippen MR) is 144 cm³/mol. The fourth-order valence-electron chi connectivity index (χ4n) is 4.58. The smallest absolute Gasteiger partial charge is 0.281 e. The number of aromatic nitrogens is 4. The van der Waals surface area contributed by atoms with Crippen LogP contribution in [0, 0.1) is 17.5 Å². The summed E-state index contributed by atoms with van der Waals surface area (Å²) in [5, 5.41) is 3.11. The van der Waals surface area contributed by atoms with Crippen LogP contribution in [0.2, 0.25) is 0 Å². The van der Waals surface area contributed by atoms with Gasteiger partial charge in [0, 0.05) is 18.2 Å². The van der Waals surface area contributed by atoms with Gasteiger partial charge in [0.25, 0.3) is 5.56 Å². The quantitative estimate of drug-likeness (QED) is 0.325. The number of aromatic amines is 1. The van der Waals surface area contributed by atoms with Gasteiger partial charge in [0.1, 0.15) is 11.6 Å². The molecule has 2 aromatic carbocycles. The van der Waals surface area contributed by atoms with E-state index < -0.39 is 29.1 Å². The summed E-state index contributed by atoms with van der Waals surface area (Å²) in [6.45, 7) is 8.06. The second-order valence-corrected chi connectivity index (χ2v) is 9.82. The molecule has 0 saturated heterocycles. The highest BCUT2D eigenvalue weighted by Gasteiger charge is 2.24. The average molecular weight is 540 g/mol. The van der Waals surface area contributed by atoms with Crippen LogP contribution < -0.4 is 20.5 Å². The molecular weight excluding hydrogens is 511 g/mol.